The van der Waals surface area contributed by atoms with Crippen molar-refractivity contribution >= 4 is 17.6 Å². The molecular weight excluding hydrogens is 304 g/mol. The fraction of sp³-hybridized carbons (Fsp3) is 0.579. The highest BCUT2D eigenvalue weighted by atomic mass is 32.2. The average molecular weight is 330 g/mol. The molecule has 0 aromatic heterocycles. The third kappa shape index (κ3) is 3.10. The zero-order chi connectivity index (χ0) is 16.3. The Morgan fingerprint density at radius 1 is 1.43 bits per heavy atom. The molecule has 1 aromatic rings. The van der Waals surface area contributed by atoms with Gasteiger partial charge in [-0.25, -0.2) is 0 Å². The second kappa shape index (κ2) is 7.17. The van der Waals surface area contributed by atoms with E-state index in [-0.39, 0.29) is 0 Å². The lowest BCUT2D eigenvalue weighted by molar-refractivity contribution is 0.128. The number of nitrogens with zero attached hydrogens (tertiary/aromatic N) is 1. The SMILES string of the molecule is C#CCOCCN1CC2C(C1)C2(CC)c1cccc(NSC)c1. The molecule has 1 aliphatic carbocycles. The lowest BCUT2D eigenvalue weighted by Gasteiger charge is -2.26. The van der Waals surface area contributed by atoms with Gasteiger partial charge < -0.3 is 14.4 Å². The minimum absolute atomic E-state index is 0.395. The van der Waals surface area contributed by atoms with E-state index in [2.05, 4.69) is 53.0 Å². The molecule has 4 heteroatoms. The first-order valence-electron chi connectivity index (χ1n) is 8.39. The molecule has 0 amide bonds. The van der Waals surface area contributed by atoms with E-state index in [1.165, 1.54) is 30.8 Å². The highest BCUT2D eigenvalue weighted by molar-refractivity contribution is 7.99. The first kappa shape index (κ1) is 16.7. The molecule has 2 atom stereocenters. The van der Waals surface area contributed by atoms with Crippen LogP contribution >= 0.6 is 11.9 Å². The van der Waals surface area contributed by atoms with Crippen LogP contribution in [0.15, 0.2) is 24.3 Å². The molecule has 2 unspecified atom stereocenters. The number of likely N-dealkylation sites (tertiary alicyclic amines) is 1. The van der Waals surface area contributed by atoms with Gasteiger partial charge >= 0.3 is 0 Å². The van der Waals surface area contributed by atoms with Crippen LogP contribution < -0.4 is 4.72 Å². The number of fused-ring (bicyclic) bond motifs is 1. The maximum atomic E-state index is 5.41. The van der Waals surface area contributed by atoms with E-state index in [0.717, 1.165) is 25.0 Å². The summed E-state index contributed by atoms with van der Waals surface area (Å²) < 4.78 is 8.77. The van der Waals surface area contributed by atoms with Crippen LogP contribution in [-0.4, -0.2) is 44.0 Å². The number of benzene rings is 1. The molecule has 1 aliphatic heterocycles. The quantitative estimate of drug-likeness (QED) is 0.449. The van der Waals surface area contributed by atoms with Gasteiger partial charge in [0.2, 0.25) is 0 Å². The van der Waals surface area contributed by atoms with Crippen LogP contribution in [0.2, 0.25) is 0 Å². The molecule has 1 heterocycles. The highest BCUT2D eigenvalue weighted by Gasteiger charge is 2.67. The number of rotatable bonds is 8. The molecule has 1 saturated heterocycles. The zero-order valence-electron chi connectivity index (χ0n) is 14.0. The van der Waals surface area contributed by atoms with Crippen molar-refractivity contribution < 1.29 is 4.74 Å². The Morgan fingerprint density at radius 3 is 2.87 bits per heavy atom. The number of hydrogen-bond acceptors (Lipinski definition) is 4. The molecule has 3 rings (SSSR count). The summed E-state index contributed by atoms with van der Waals surface area (Å²) in [6, 6.07) is 8.99. The first-order chi connectivity index (χ1) is 11.3. The van der Waals surface area contributed by atoms with Crippen molar-refractivity contribution in [1.29, 1.82) is 0 Å². The summed E-state index contributed by atoms with van der Waals surface area (Å²) in [5, 5.41) is 0. The largest absolute Gasteiger partial charge is 0.367 e. The number of hydrogen-bond donors (Lipinski definition) is 1. The third-order valence-electron chi connectivity index (χ3n) is 5.55. The molecule has 1 aromatic carbocycles. The first-order valence-corrected chi connectivity index (χ1v) is 9.61. The van der Waals surface area contributed by atoms with Crippen LogP contribution in [0.5, 0.6) is 0 Å². The normalized spacial score (nSPS) is 29.1. The number of piperidine rings is 1. The van der Waals surface area contributed by atoms with Gasteiger partial charge in [0.05, 0.1) is 6.61 Å². The maximum Gasteiger partial charge on any atom is 0.107 e. The summed E-state index contributed by atoms with van der Waals surface area (Å²) in [4.78, 5) is 2.53. The standard InChI is InChI=1S/C19H26N2OS/c1-4-10-22-11-9-21-13-17-18(14-21)19(17,5-2)15-7-6-8-16(12-15)20-23-3/h1,6-8,12,17-18,20H,5,9-11,13-14H2,2-3H3. The number of anilines is 1. The minimum Gasteiger partial charge on any atom is -0.367 e. The summed E-state index contributed by atoms with van der Waals surface area (Å²) in [6.07, 6.45) is 8.50. The van der Waals surface area contributed by atoms with Crippen LogP contribution in [0.25, 0.3) is 0 Å². The van der Waals surface area contributed by atoms with E-state index in [1.54, 1.807) is 11.9 Å². The highest BCUT2D eigenvalue weighted by Crippen LogP contribution is 2.65. The van der Waals surface area contributed by atoms with Crippen molar-refractivity contribution in [1.82, 2.24) is 4.90 Å². The van der Waals surface area contributed by atoms with E-state index in [1.807, 2.05) is 0 Å². The van der Waals surface area contributed by atoms with Crippen LogP contribution in [0.4, 0.5) is 5.69 Å². The molecule has 1 saturated carbocycles. The van der Waals surface area contributed by atoms with Crippen LogP contribution in [-0.2, 0) is 10.2 Å². The van der Waals surface area contributed by atoms with E-state index >= 15 is 0 Å². The molecule has 0 bridgehead atoms. The smallest absolute Gasteiger partial charge is 0.107 e. The van der Waals surface area contributed by atoms with Crippen molar-refractivity contribution in [2.45, 2.75) is 18.8 Å². The Labute approximate surface area is 144 Å². The monoisotopic (exact) mass is 330 g/mol. The molecule has 124 valence electrons. The van der Waals surface area contributed by atoms with E-state index in [9.17, 15) is 0 Å². The number of ether oxygens (including phenoxy) is 1. The Morgan fingerprint density at radius 2 is 2.22 bits per heavy atom. The topological polar surface area (TPSA) is 24.5 Å². The Hall–Kier alpha value is -1.15. The van der Waals surface area contributed by atoms with Crippen molar-refractivity contribution in [2.75, 3.05) is 43.8 Å². The van der Waals surface area contributed by atoms with Crippen molar-refractivity contribution in [3.05, 3.63) is 29.8 Å². The summed E-state index contributed by atoms with van der Waals surface area (Å²) in [5.41, 5.74) is 3.12. The van der Waals surface area contributed by atoms with Gasteiger partial charge in [-0.3, -0.25) is 0 Å². The molecule has 0 spiro atoms. The number of terminal acetylenes is 1. The summed E-state index contributed by atoms with van der Waals surface area (Å²) >= 11 is 1.65. The predicted molar refractivity (Wildman–Crippen MR) is 98.6 cm³/mol. The molecule has 2 fully saturated rings. The molecule has 3 nitrogen and oxygen atoms in total. The van der Waals surface area contributed by atoms with E-state index in [4.69, 9.17) is 11.2 Å². The van der Waals surface area contributed by atoms with Crippen LogP contribution in [0, 0.1) is 24.2 Å². The zero-order valence-corrected chi connectivity index (χ0v) is 14.9. The molecule has 2 aliphatic rings. The fourth-order valence-corrected chi connectivity index (χ4v) is 4.83. The minimum atomic E-state index is 0.395. The van der Waals surface area contributed by atoms with E-state index in [0.29, 0.717) is 12.0 Å². The van der Waals surface area contributed by atoms with Gasteiger partial charge in [-0.05, 0) is 36.0 Å². The Kier molecular flexibility index (Phi) is 5.21. The lowest BCUT2D eigenvalue weighted by atomic mass is 9.87. The average Bonchev–Trinajstić information content (AvgIpc) is 2.96. The van der Waals surface area contributed by atoms with Gasteiger partial charge in [-0.1, -0.05) is 36.9 Å². The van der Waals surface area contributed by atoms with Gasteiger partial charge in [-0.2, -0.15) is 0 Å². The Balaban J connectivity index is 1.61. The van der Waals surface area contributed by atoms with Crippen LogP contribution in [0.1, 0.15) is 18.9 Å². The molecule has 23 heavy (non-hydrogen) atoms. The van der Waals surface area contributed by atoms with Gasteiger partial charge in [-0.15, -0.1) is 6.42 Å². The lowest BCUT2D eigenvalue weighted by Crippen LogP contribution is -2.32. The second-order valence-electron chi connectivity index (χ2n) is 6.51. The van der Waals surface area contributed by atoms with Gasteiger partial charge in [0, 0.05) is 37.0 Å². The van der Waals surface area contributed by atoms with Crippen LogP contribution in [0.3, 0.4) is 0 Å². The summed E-state index contributed by atoms with van der Waals surface area (Å²) in [5.74, 6) is 4.11. The predicted octanol–water partition coefficient (Wildman–Crippen LogP) is 3.24. The molecule has 0 radical (unpaired) electrons. The van der Waals surface area contributed by atoms with Crippen molar-refractivity contribution in [3.8, 4) is 12.3 Å². The van der Waals surface area contributed by atoms with Gasteiger partial charge in [0.25, 0.3) is 0 Å². The molecule has 1 N–H and O–H groups in total. The summed E-state index contributed by atoms with van der Waals surface area (Å²) in [6.45, 7) is 6.90. The summed E-state index contributed by atoms with van der Waals surface area (Å²) in [7, 11) is 0. The third-order valence-corrected chi connectivity index (χ3v) is 5.99. The van der Waals surface area contributed by atoms with Crippen molar-refractivity contribution in [3.63, 3.8) is 0 Å². The number of nitrogens with one attached hydrogen (secondary N) is 1. The maximum absolute atomic E-state index is 5.41. The second-order valence-corrected chi connectivity index (χ2v) is 7.12. The Bertz CT molecular complexity index is 571. The molecular formula is C19H26N2OS. The van der Waals surface area contributed by atoms with Crippen molar-refractivity contribution in [2.24, 2.45) is 11.8 Å². The van der Waals surface area contributed by atoms with E-state index < -0.39 is 0 Å². The fourth-order valence-electron chi connectivity index (χ4n) is 4.47. The van der Waals surface area contributed by atoms with Gasteiger partial charge in [0.15, 0.2) is 0 Å². The van der Waals surface area contributed by atoms with Gasteiger partial charge in [0.1, 0.15) is 6.61 Å².